The fourth-order valence-electron chi connectivity index (χ4n) is 2.26. The smallest absolute Gasteiger partial charge is 0.258 e. The van der Waals surface area contributed by atoms with Crippen molar-refractivity contribution < 1.29 is 9.53 Å². The molecule has 0 aliphatic rings. The first-order chi connectivity index (χ1) is 11.5. The molecular formula is C18H20Cl2N2O2. The van der Waals surface area contributed by atoms with Crippen LogP contribution in [0.25, 0.3) is 0 Å². The number of nitrogens with zero attached hydrogens (tertiary/aromatic N) is 1. The Kier molecular flexibility index (Phi) is 6.91. The van der Waals surface area contributed by atoms with Crippen molar-refractivity contribution in [2.45, 2.75) is 6.04 Å². The van der Waals surface area contributed by atoms with Crippen molar-refractivity contribution in [3.05, 3.63) is 64.1 Å². The van der Waals surface area contributed by atoms with Crippen LogP contribution in [0.4, 0.5) is 0 Å². The molecule has 2 aromatic rings. The molecule has 0 radical (unpaired) electrons. The third-order valence-corrected chi connectivity index (χ3v) is 4.16. The van der Waals surface area contributed by atoms with Crippen LogP contribution in [0.1, 0.15) is 11.6 Å². The Labute approximate surface area is 152 Å². The molecule has 0 unspecified atom stereocenters. The minimum absolute atomic E-state index is 0.0156. The van der Waals surface area contributed by atoms with Gasteiger partial charge in [-0.05, 0) is 50.0 Å². The van der Waals surface area contributed by atoms with E-state index in [1.165, 1.54) is 0 Å². The van der Waals surface area contributed by atoms with Crippen molar-refractivity contribution >= 4 is 29.1 Å². The molecule has 0 saturated carbocycles. The first-order valence-corrected chi connectivity index (χ1v) is 8.29. The summed E-state index contributed by atoms with van der Waals surface area (Å²) in [5, 5.41) is 4.19. The molecule has 0 aliphatic carbocycles. The molecule has 1 N–H and O–H groups in total. The average molecular weight is 367 g/mol. The average Bonchev–Trinajstić information content (AvgIpc) is 2.56. The third-order valence-electron chi connectivity index (χ3n) is 3.56. The highest BCUT2D eigenvalue weighted by Crippen LogP contribution is 2.25. The number of halogens is 2. The number of hydrogen-bond acceptors (Lipinski definition) is 3. The number of carbonyl (C=O) groups excluding carboxylic acids is 1. The van der Waals surface area contributed by atoms with Gasteiger partial charge in [-0.2, -0.15) is 0 Å². The van der Waals surface area contributed by atoms with Gasteiger partial charge in [0.2, 0.25) is 0 Å². The van der Waals surface area contributed by atoms with Gasteiger partial charge in [0.1, 0.15) is 5.75 Å². The Bertz CT molecular complexity index is 675. The molecular weight excluding hydrogens is 347 g/mol. The number of rotatable bonds is 7. The Hall–Kier alpha value is -1.75. The van der Waals surface area contributed by atoms with Gasteiger partial charge in [-0.3, -0.25) is 4.79 Å². The van der Waals surface area contributed by atoms with Gasteiger partial charge < -0.3 is 15.0 Å². The van der Waals surface area contributed by atoms with E-state index in [4.69, 9.17) is 27.9 Å². The van der Waals surface area contributed by atoms with E-state index in [1.807, 2.05) is 43.3 Å². The predicted molar refractivity (Wildman–Crippen MR) is 97.8 cm³/mol. The van der Waals surface area contributed by atoms with E-state index < -0.39 is 0 Å². The summed E-state index contributed by atoms with van der Waals surface area (Å²) in [6, 6.07) is 14.5. The van der Waals surface area contributed by atoms with Gasteiger partial charge in [-0.15, -0.1) is 0 Å². The predicted octanol–water partition coefficient (Wildman–Crippen LogP) is 3.79. The number of carbonyl (C=O) groups is 1. The zero-order valence-electron chi connectivity index (χ0n) is 13.6. The maximum atomic E-state index is 12.0. The molecule has 24 heavy (non-hydrogen) atoms. The maximum absolute atomic E-state index is 12.0. The number of benzene rings is 2. The summed E-state index contributed by atoms with van der Waals surface area (Å²) in [6.07, 6.45) is 0. The van der Waals surface area contributed by atoms with E-state index in [2.05, 4.69) is 5.32 Å². The molecule has 6 heteroatoms. The highest BCUT2D eigenvalue weighted by Gasteiger charge is 2.17. The van der Waals surface area contributed by atoms with Crippen LogP contribution in [0.2, 0.25) is 10.0 Å². The molecule has 128 valence electrons. The first kappa shape index (κ1) is 18.6. The second kappa shape index (κ2) is 8.92. The zero-order valence-corrected chi connectivity index (χ0v) is 15.1. The van der Waals surface area contributed by atoms with Crippen LogP contribution in [-0.2, 0) is 4.79 Å². The minimum Gasteiger partial charge on any atom is -0.484 e. The number of amides is 1. The van der Waals surface area contributed by atoms with Crippen LogP contribution in [0.15, 0.2) is 48.5 Å². The quantitative estimate of drug-likeness (QED) is 0.810. The van der Waals surface area contributed by atoms with Gasteiger partial charge in [0, 0.05) is 16.6 Å². The molecule has 4 nitrogen and oxygen atoms in total. The minimum atomic E-state index is -0.191. The lowest BCUT2D eigenvalue weighted by molar-refractivity contribution is -0.123. The summed E-state index contributed by atoms with van der Waals surface area (Å²) in [7, 11) is 3.90. The molecule has 1 atom stereocenters. The molecule has 0 aliphatic heterocycles. The molecule has 0 heterocycles. The Morgan fingerprint density at radius 2 is 1.79 bits per heavy atom. The van der Waals surface area contributed by atoms with E-state index in [9.17, 15) is 4.79 Å². The lowest BCUT2D eigenvalue weighted by Crippen LogP contribution is -2.37. The molecule has 2 rings (SSSR count). The fourth-order valence-corrected chi connectivity index (χ4v) is 2.64. The third kappa shape index (κ3) is 5.41. The van der Waals surface area contributed by atoms with Crippen molar-refractivity contribution in [2.24, 2.45) is 0 Å². The van der Waals surface area contributed by atoms with Crippen molar-refractivity contribution in [3.63, 3.8) is 0 Å². The zero-order chi connectivity index (χ0) is 17.5. The maximum Gasteiger partial charge on any atom is 0.258 e. The number of likely N-dealkylation sites (N-methyl/N-ethyl adjacent to an activating group) is 1. The largest absolute Gasteiger partial charge is 0.484 e. The van der Waals surface area contributed by atoms with Crippen LogP contribution in [0.3, 0.4) is 0 Å². The molecule has 0 saturated heterocycles. The van der Waals surface area contributed by atoms with Gasteiger partial charge in [0.15, 0.2) is 6.61 Å². The number of hydrogen-bond donors (Lipinski definition) is 1. The van der Waals surface area contributed by atoms with Gasteiger partial charge in [0.25, 0.3) is 5.91 Å². The Morgan fingerprint density at radius 1 is 1.12 bits per heavy atom. The summed E-state index contributed by atoms with van der Waals surface area (Å²) < 4.78 is 5.43. The second-order valence-electron chi connectivity index (χ2n) is 5.55. The standard InChI is InChI=1S/C18H20Cl2N2O2/c1-22(2)17(15-5-3-4-6-16(15)20)11-21-18(23)12-24-14-9-7-13(19)8-10-14/h3-10,17H,11-12H2,1-2H3,(H,21,23)/t17-/m0/s1. The monoisotopic (exact) mass is 366 g/mol. The highest BCUT2D eigenvalue weighted by atomic mass is 35.5. The van der Waals surface area contributed by atoms with Gasteiger partial charge in [-0.25, -0.2) is 0 Å². The van der Waals surface area contributed by atoms with Crippen LogP contribution < -0.4 is 10.1 Å². The van der Waals surface area contributed by atoms with Gasteiger partial charge in [-0.1, -0.05) is 41.4 Å². The summed E-state index contributed by atoms with van der Waals surface area (Å²) in [5.41, 5.74) is 0.975. The van der Waals surface area contributed by atoms with E-state index in [0.29, 0.717) is 22.3 Å². The second-order valence-corrected chi connectivity index (χ2v) is 6.39. The summed E-state index contributed by atoms with van der Waals surface area (Å²) in [5.74, 6) is 0.411. The van der Waals surface area contributed by atoms with Gasteiger partial charge >= 0.3 is 0 Å². The van der Waals surface area contributed by atoms with E-state index >= 15 is 0 Å². The SMILES string of the molecule is CN(C)[C@@H](CNC(=O)COc1ccc(Cl)cc1)c1ccccc1Cl. The molecule has 0 bridgehead atoms. The molecule has 2 aromatic carbocycles. The van der Waals surface area contributed by atoms with Crippen molar-refractivity contribution in [3.8, 4) is 5.75 Å². The first-order valence-electron chi connectivity index (χ1n) is 7.53. The van der Waals surface area contributed by atoms with E-state index in [1.54, 1.807) is 24.3 Å². The van der Waals surface area contributed by atoms with Crippen LogP contribution in [0, 0.1) is 0 Å². The molecule has 1 amide bonds. The number of ether oxygens (including phenoxy) is 1. The number of nitrogens with one attached hydrogen (secondary N) is 1. The van der Waals surface area contributed by atoms with Crippen molar-refractivity contribution in [2.75, 3.05) is 27.2 Å². The lowest BCUT2D eigenvalue weighted by atomic mass is 10.1. The molecule has 0 aromatic heterocycles. The highest BCUT2D eigenvalue weighted by molar-refractivity contribution is 6.31. The molecule has 0 fully saturated rings. The van der Waals surface area contributed by atoms with E-state index in [0.717, 1.165) is 5.56 Å². The topological polar surface area (TPSA) is 41.6 Å². The lowest BCUT2D eigenvalue weighted by Gasteiger charge is -2.26. The fraction of sp³-hybridized carbons (Fsp3) is 0.278. The van der Waals surface area contributed by atoms with Crippen molar-refractivity contribution in [1.29, 1.82) is 0 Å². The molecule has 0 spiro atoms. The van der Waals surface area contributed by atoms with Gasteiger partial charge in [0.05, 0.1) is 6.04 Å². The Morgan fingerprint density at radius 3 is 2.42 bits per heavy atom. The van der Waals surface area contributed by atoms with Crippen LogP contribution >= 0.6 is 23.2 Å². The van der Waals surface area contributed by atoms with Crippen LogP contribution in [0.5, 0.6) is 5.75 Å². The van der Waals surface area contributed by atoms with Crippen molar-refractivity contribution in [1.82, 2.24) is 10.2 Å². The van der Waals surface area contributed by atoms with Crippen LogP contribution in [-0.4, -0.2) is 38.1 Å². The Balaban J connectivity index is 1.88. The summed E-state index contributed by atoms with van der Waals surface area (Å²) in [6.45, 7) is 0.393. The summed E-state index contributed by atoms with van der Waals surface area (Å²) >= 11 is 12.1. The summed E-state index contributed by atoms with van der Waals surface area (Å²) in [4.78, 5) is 14.0. The van der Waals surface area contributed by atoms with E-state index in [-0.39, 0.29) is 18.6 Å². The normalized spacial score (nSPS) is 12.0.